The first-order chi connectivity index (χ1) is 5.70. The van der Waals surface area contributed by atoms with Crippen molar-refractivity contribution in [2.75, 3.05) is 0 Å². The SMILES string of the molecule is CC(C)CCCC(O)C1CCC1. The summed E-state index contributed by atoms with van der Waals surface area (Å²) in [6.07, 6.45) is 7.39. The quantitative estimate of drug-likeness (QED) is 0.672. The van der Waals surface area contributed by atoms with Gasteiger partial charge in [-0.25, -0.2) is 0 Å². The summed E-state index contributed by atoms with van der Waals surface area (Å²) in [5.41, 5.74) is 0. The molecule has 0 aromatic rings. The number of hydrogen-bond acceptors (Lipinski definition) is 1. The van der Waals surface area contributed by atoms with Crippen molar-refractivity contribution in [2.24, 2.45) is 11.8 Å². The van der Waals surface area contributed by atoms with Crippen LogP contribution in [0, 0.1) is 11.8 Å². The highest BCUT2D eigenvalue weighted by Crippen LogP contribution is 2.31. The Kier molecular flexibility index (Phi) is 4.07. The second-order valence-electron chi connectivity index (χ2n) is 4.58. The Hall–Kier alpha value is -0.0400. The lowest BCUT2D eigenvalue weighted by Crippen LogP contribution is -2.26. The van der Waals surface area contributed by atoms with Crippen LogP contribution in [-0.2, 0) is 0 Å². The molecule has 0 saturated heterocycles. The van der Waals surface area contributed by atoms with Gasteiger partial charge in [-0.1, -0.05) is 33.1 Å². The maximum Gasteiger partial charge on any atom is 0.0568 e. The van der Waals surface area contributed by atoms with Crippen molar-refractivity contribution in [3.8, 4) is 0 Å². The van der Waals surface area contributed by atoms with Gasteiger partial charge in [0.25, 0.3) is 0 Å². The molecule has 1 N–H and O–H groups in total. The van der Waals surface area contributed by atoms with E-state index in [1.165, 1.54) is 32.1 Å². The Morgan fingerprint density at radius 3 is 2.33 bits per heavy atom. The Labute approximate surface area is 76.2 Å². The van der Waals surface area contributed by atoms with Gasteiger partial charge in [-0.3, -0.25) is 0 Å². The average molecular weight is 170 g/mol. The Bertz CT molecular complexity index is 116. The van der Waals surface area contributed by atoms with E-state index in [2.05, 4.69) is 13.8 Å². The summed E-state index contributed by atoms with van der Waals surface area (Å²) in [4.78, 5) is 0. The maximum absolute atomic E-state index is 9.68. The van der Waals surface area contributed by atoms with Crippen LogP contribution in [0.25, 0.3) is 0 Å². The van der Waals surface area contributed by atoms with Crippen molar-refractivity contribution in [3.63, 3.8) is 0 Å². The molecule has 0 aliphatic heterocycles. The number of aliphatic hydroxyl groups is 1. The second kappa shape index (κ2) is 4.86. The first-order valence-corrected chi connectivity index (χ1v) is 5.38. The third kappa shape index (κ3) is 3.14. The van der Waals surface area contributed by atoms with Gasteiger partial charge in [-0.15, -0.1) is 0 Å². The molecule has 1 aliphatic rings. The topological polar surface area (TPSA) is 20.2 Å². The second-order valence-corrected chi connectivity index (χ2v) is 4.58. The van der Waals surface area contributed by atoms with E-state index >= 15 is 0 Å². The van der Waals surface area contributed by atoms with E-state index in [9.17, 15) is 5.11 Å². The largest absolute Gasteiger partial charge is 0.393 e. The predicted molar refractivity (Wildman–Crippen MR) is 52.0 cm³/mol. The van der Waals surface area contributed by atoms with Crippen molar-refractivity contribution in [1.82, 2.24) is 0 Å². The van der Waals surface area contributed by atoms with Crippen molar-refractivity contribution in [2.45, 2.75) is 58.5 Å². The fourth-order valence-electron chi connectivity index (χ4n) is 1.80. The standard InChI is InChI=1S/C11H22O/c1-9(2)5-3-8-11(12)10-6-4-7-10/h9-12H,3-8H2,1-2H3. The lowest BCUT2D eigenvalue weighted by molar-refractivity contribution is 0.0530. The van der Waals surface area contributed by atoms with Crippen molar-refractivity contribution in [3.05, 3.63) is 0 Å². The maximum atomic E-state index is 9.68. The molecule has 1 rings (SSSR count). The van der Waals surface area contributed by atoms with E-state index < -0.39 is 0 Å². The normalized spacial score (nSPS) is 21.0. The Morgan fingerprint density at radius 1 is 1.25 bits per heavy atom. The zero-order chi connectivity index (χ0) is 8.97. The molecule has 1 nitrogen and oxygen atoms in total. The van der Waals surface area contributed by atoms with E-state index in [0.29, 0.717) is 5.92 Å². The molecule has 1 fully saturated rings. The van der Waals surface area contributed by atoms with Gasteiger partial charge in [-0.2, -0.15) is 0 Å². The van der Waals surface area contributed by atoms with Crippen LogP contribution in [0.5, 0.6) is 0 Å². The molecule has 1 atom stereocenters. The monoisotopic (exact) mass is 170 g/mol. The molecular formula is C11H22O. The molecule has 0 amide bonds. The molecule has 0 radical (unpaired) electrons. The van der Waals surface area contributed by atoms with E-state index in [0.717, 1.165) is 12.3 Å². The third-order valence-corrected chi connectivity index (χ3v) is 2.98. The molecule has 1 aliphatic carbocycles. The predicted octanol–water partition coefficient (Wildman–Crippen LogP) is 2.97. The van der Waals surface area contributed by atoms with Crippen LogP contribution in [0.4, 0.5) is 0 Å². The van der Waals surface area contributed by atoms with E-state index in [4.69, 9.17) is 0 Å². The van der Waals surface area contributed by atoms with E-state index in [-0.39, 0.29) is 6.10 Å². The van der Waals surface area contributed by atoms with Crippen LogP contribution in [0.2, 0.25) is 0 Å². The van der Waals surface area contributed by atoms with E-state index in [1.807, 2.05) is 0 Å². The van der Waals surface area contributed by atoms with Crippen LogP contribution in [-0.4, -0.2) is 11.2 Å². The van der Waals surface area contributed by atoms with Gasteiger partial charge < -0.3 is 5.11 Å². The van der Waals surface area contributed by atoms with Crippen LogP contribution in [0.3, 0.4) is 0 Å². The van der Waals surface area contributed by atoms with Crippen LogP contribution in [0.1, 0.15) is 52.4 Å². The first kappa shape index (κ1) is 10.0. The minimum atomic E-state index is 0.0116. The first-order valence-electron chi connectivity index (χ1n) is 5.38. The molecule has 0 spiro atoms. The lowest BCUT2D eigenvalue weighted by atomic mass is 9.79. The number of rotatable bonds is 5. The minimum Gasteiger partial charge on any atom is -0.393 e. The van der Waals surface area contributed by atoms with Crippen molar-refractivity contribution >= 4 is 0 Å². The minimum absolute atomic E-state index is 0.0116. The molecule has 1 unspecified atom stereocenters. The molecule has 72 valence electrons. The molecule has 0 aromatic carbocycles. The van der Waals surface area contributed by atoms with Gasteiger partial charge in [0.2, 0.25) is 0 Å². The van der Waals surface area contributed by atoms with Gasteiger partial charge in [0.1, 0.15) is 0 Å². The molecule has 1 heteroatoms. The third-order valence-electron chi connectivity index (χ3n) is 2.98. The van der Waals surface area contributed by atoms with Gasteiger partial charge in [0.05, 0.1) is 6.10 Å². The summed E-state index contributed by atoms with van der Waals surface area (Å²) in [5, 5.41) is 9.68. The molecule has 0 heterocycles. The number of hydrogen-bond donors (Lipinski definition) is 1. The summed E-state index contributed by atoms with van der Waals surface area (Å²) in [5.74, 6) is 1.44. The van der Waals surface area contributed by atoms with Gasteiger partial charge in [0, 0.05) is 0 Å². The van der Waals surface area contributed by atoms with Crippen molar-refractivity contribution in [1.29, 1.82) is 0 Å². The molecule has 0 bridgehead atoms. The van der Waals surface area contributed by atoms with Crippen molar-refractivity contribution < 1.29 is 5.11 Å². The Morgan fingerprint density at radius 2 is 1.92 bits per heavy atom. The van der Waals surface area contributed by atoms with Crippen LogP contribution < -0.4 is 0 Å². The van der Waals surface area contributed by atoms with Crippen LogP contribution >= 0.6 is 0 Å². The van der Waals surface area contributed by atoms with Gasteiger partial charge >= 0.3 is 0 Å². The Balaban J connectivity index is 1.98. The summed E-state index contributed by atoms with van der Waals surface area (Å²) in [6, 6.07) is 0. The van der Waals surface area contributed by atoms with E-state index in [1.54, 1.807) is 0 Å². The highest BCUT2D eigenvalue weighted by molar-refractivity contribution is 4.76. The highest BCUT2D eigenvalue weighted by atomic mass is 16.3. The fourth-order valence-corrected chi connectivity index (χ4v) is 1.80. The van der Waals surface area contributed by atoms with Crippen LogP contribution in [0.15, 0.2) is 0 Å². The van der Waals surface area contributed by atoms with Gasteiger partial charge in [0.15, 0.2) is 0 Å². The molecular weight excluding hydrogens is 148 g/mol. The molecule has 12 heavy (non-hydrogen) atoms. The fraction of sp³-hybridized carbons (Fsp3) is 1.00. The van der Waals surface area contributed by atoms with Gasteiger partial charge in [-0.05, 0) is 31.1 Å². The summed E-state index contributed by atoms with van der Waals surface area (Å²) >= 11 is 0. The summed E-state index contributed by atoms with van der Waals surface area (Å²) in [7, 11) is 0. The lowest BCUT2D eigenvalue weighted by Gasteiger charge is -2.30. The zero-order valence-electron chi connectivity index (χ0n) is 8.42. The molecule has 0 aromatic heterocycles. The average Bonchev–Trinajstić information content (AvgIpc) is 1.81. The smallest absolute Gasteiger partial charge is 0.0568 e. The summed E-state index contributed by atoms with van der Waals surface area (Å²) in [6.45, 7) is 4.49. The zero-order valence-corrected chi connectivity index (χ0v) is 8.42. The summed E-state index contributed by atoms with van der Waals surface area (Å²) < 4.78 is 0. The number of aliphatic hydroxyl groups excluding tert-OH is 1. The molecule has 1 saturated carbocycles. The highest BCUT2D eigenvalue weighted by Gasteiger charge is 2.24.